The van der Waals surface area contributed by atoms with Crippen LogP contribution >= 0.6 is 15.9 Å². The van der Waals surface area contributed by atoms with E-state index in [2.05, 4.69) is 15.9 Å². The average molecular weight is 332 g/mol. The highest BCUT2D eigenvalue weighted by Crippen LogP contribution is 2.41. The number of carbonyl (C=O) groups excluding carboxylic acids is 1. The van der Waals surface area contributed by atoms with Gasteiger partial charge in [-0.2, -0.15) is 0 Å². The van der Waals surface area contributed by atoms with E-state index in [4.69, 9.17) is 0 Å². The van der Waals surface area contributed by atoms with Crippen molar-refractivity contribution in [2.45, 2.75) is 31.9 Å². The van der Waals surface area contributed by atoms with Crippen LogP contribution in [0.5, 0.6) is 0 Å². The van der Waals surface area contributed by atoms with Crippen molar-refractivity contribution < 1.29 is 13.2 Å². The van der Waals surface area contributed by atoms with Crippen LogP contribution in [0.4, 0.5) is 5.69 Å². The molecule has 0 aromatic heterocycles. The number of rotatable bonds is 2. The van der Waals surface area contributed by atoms with E-state index < -0.39 is 14.8 Å². The second-order valence-corrected chi connectivity index (χ2v) is 7.96. The number of hydrogen-bond acceptors (Lipinski definition) is 3. The first-order valence-corrected chi connectivity index (χ1v) is 7.84. The number of nitrogens with zero attached hydrogens (tertiary/aromatic N) is 1. The first-order chi connectivity index (χ1) is 8.23. The van der Waals surface area contributed by atoms with Gasteiger partial charge in [0.05, 0.1) is 5.69 Å². The summed E-state index contributed by atoms with van der Waals surface area (Å²) in [5, 5.41) is 0. The Morgan fingerprint density at radius 3 is 2.44 bits per heavy atom. The zero-order chi connectivity index (χ0) is 13.7. The minimum absolute atomic E-state index is 0.375. The van der Waals surface area contributed by atoms with E-state index in [-0.39, 0.29) is 5.91 Å². The molecule has 0 bridgehead atoms. The third-order valence-electron chi connectivity index (χ3n) is 3.23. The van der Waals surface area contributed by atoms with Gasteiger partial charge in [0.25, 0.3) is 15.9 Å². The Kier molecular flexibility index (Phi) is 3.06. The first-order valence-electron chi connectivity index (χ1n) is 5.61. The third-order valence-corrected chi connectivity index (χ3v) is 6.03. The van der Waals surface area contributed by atoms with Crippen molar-refractivity contribution in [3.05, 3.63) is 28.2 Å². The molecule has 0 N–H and O–H groups in total. The van der Waals surface area contributed by atoms with E-state index in [1.165, 1.54) is 13.8 Å². The molecular formula is C12H14BrNO3S. The van der Waals surface area contributed by atoms with E-state index in [1.54, 1.807) is 12.1 Å². The van der Waals surface area contributed by atoms with Crippen LogP contribution in [0.15, 0.2) is 22.7 Å². The lowest BCUT2D eigenvalue weighted by atomic mass is 10.1. The van der Waals surface area contributed by atoms with Gasteiger partial charge in [-0.3, -0.25) is 4.79 Å². The van der Waals surface area contributed by atoms with Gasteiger partial charge < -0.3 is 0 Å². The predicted octanol–water partition coefficient (Wildman–Crippen LogP) is 2.47. The fourth-order valence-electron chi connectivity index (χ4n) is 1.93. The monoisotopic (exact) mass is 331 g/mol. The zero-order valence-corrected chi connectivity index (χ0v) is 12.8. The molecule has 2 rings (SSSR count). The number of aryl methyl sites for hydroxylation is 1. The molecule has 4 nitrogen and oxygen atoms in total. The summed E-state index contributed by atoms with van der Waals surface area (Å²) in [5.41, 5.74) is 1.29. The number of halogens is 1. The summed E-state index contributed by atoms with van der Waals surface area (Å²) in [4.78, 5) is 12.0. The quantitative estimate of drug-likeness (QED) is 0.836. The Morgan fingerprint density at radius 1 is 1.33 bits per heavy atom. The molecule has 1 aromatic rings. The molecule has 1 fully saturated rings. The van der Waals surface area contributed by atoms with Crippen molar-refractivity contribution >= 4 is 37.5 Å². The molecule has 0 atom stereocenters. The fourth-order valence-corrected chi connectivity index (χ4v) is 3.86. The Balaban J connectivity index is 2.56. The number of sulfonamides is 1. The largest absolute Gasteiger partial charge is 0.272 e. The summed E-state index contributed by atoms with van der Waals surface area (Å²) in [6, 6.07) is 5.24. The molecule has 0 aliphatic carbocycles. The Morgan fingerprint density at radius 2 is 1.94 bits per heavy atom. The van der Waals surface area contributed by atoms with Crippen LogP contribution in [-0.4, -0.2) is 19.1 Å². The summed E-state index contributed by atoms with van der Waals surface area (Å²) in [6.07, 6.45) is 0.661. The predicted molar refractivity (Wildman–Crippen MR) is 74.0 cm³/mol. The van der Waals surface area contributed by atoms with E-state index in [0.29, 0.717) is 12.1 Å². The topological polar surface area (TPSA) is 54.5 Å². The second kappa shape index (κ2) is 4.06. The maximum Gasteiger partial charge on any atom is 0.263 e. The highest BCUT2D eigenvalue weighted by molar-refractivity contribution is 9.10. The van der Waals surface area contributed by atoms with Crippen molar-refractivity contribution in [2.75, 3.05) is 4.31 Å². The molecule has 98 valence electrons. The molecule has 0 unspecified atom stereocenters. The van der Waals surface area contributed by atoms with Crippen LogP contribution in [-0.2, 0) is 21.2 Å². The maximum atomic E-state index is 12.1. The average Bonchev–Trinajstić information content (AvgIpc) is 2.30. The summed E-state index contributed by atoms with van der Waals surface area (Å²) >= 11 is 3.34. The lowest BCUT2D eigenvalue weighted by molar-refractivity contribution is -0.120. The molecule has 1 amide bonds. The maximum absolute atomic E-state index is 12.1. The SMILES string of the molecule is CCc1cc(Br)ccc1N1C(=O)C(C)(C)S1(=O)=O. The van der Waals surface area contributed by atoms with Gasteiger partial charge in [-0.1, -0.05) is 22.9 Å². The number of amides is 1. The second-order valence-electron chi connectivity index (χ2n) is 4.71. The Bertz CT molecular complexity index is 622. The van der Waals surface area contributed by atoms with Gasteiger partial charge in [0.15, 0.2) is 4.75 Å². The highest BCUT2D eigenvalue weighted by atomic mass is 79.9. The standard InChI is InChI=1S/C12H14BrNO3S/c1-4-8-7-9(13)5-6-10(8)14-11(15)12(2,3)18(14,16)17/h5-7H,4H2,1-3H3. The molecule has 0 radical (unpaired) electrons. The van der Waals surface area contributed by atoms with E-state index in [0.717, 1.165) is 14.3 Å². The molecule has 1 aliphatic rings. The summed E-state index contributed by atoms with van der Waals surface area (Å²) in [5.74, 6) is -0.375. The van der Waals surface area contributed by atoms with Gasteiger partial charge in [0.1, 0.15) is 0 Å². The van der Waals surface area contributed by atoms with E-state index in [1.807, 2.05) is 13.0 Å². The molecule has 18 heavy (non-hydrogen) atoms. The van der Waals surface area contributed by atoms with Gasteiger partial charge in [0, 0.05) is 4.47 Å². The number of anilines is 1. The van der Waals surface area contributed by atoms with Gasteiger partial charge in [-0.25, -0.2) is 12.7 Å². The van der Waals surface area contributed by atoms with Crippen molar-refractivity contribution in [2.24, 2.45) is 0 Å². The summed E-state index contributed by atoms with van der Waals surface area (Å²) < 4.78 is 24.7. The summed E-state index contributed by atoms with van der Waals surface area (Å²) in [6.45, 7) is 4.80. The van der Waals surface area contributed by atoms with Crippen LogP contribution in [0.25, 0.3) is 0 Å². The fraction of sp³-hybridized carbons (Fsp3) is 0.417. The molecule has 0 saturated carbocycles. The smallest absolute Gasteiger partial charge is 0.263 e. The minimum atomic E-state index is -3.58. The lowest BCUT2D eigenvalue weighted by Gasteiger charge is -2.43. The minimum Gasteiger partial charge on any atom is -0.272 e. The summed E-state index contributed by atoms with van der Waals surface area (Å²) in [7, 11) is -3.58. The third kappa shape index (κ3) is 1.62. The van der Waals surface area contributed by atoms with E-state index in [9.17, 15) is 13.2 Å². The van der Waals surface area contributed by atoms with Gasteiger partial charge in [-0.05, 0) is 44.0 Å². The van der Waals surface area contributed by atoms with Crippen molar-refractivity contribution in [3.63, 3.8) is 0 Å². The van der Waals surface area contributed by atoms with Crippen LogP contribution in [0, 0.1) is 0 Å². The van der Waals surface area contributed by atoms with Gasteiger partial charge >= 0.3 is 0 Å². The van der Waals surface area contributed by atoms with Crippen molar-refractivity contribution in [1.82, 2.24) is 0 Å². The molecule has 1 aromatic carbocycles. The molecule has 6 heteroatoms. The van der Waals surface area contributed by atoms with Crippen LogP contribution in [0.1, 0.15) is 26.3 Å². The van der Waals surface area contributed by atoms with Gasteiger partial charge in [-0.15, -0.1) is 0 Å². The molecule has 0 spiro atoms. The normalized spacial score (nSPS) is 20.7. The zero-order valence-electron chi connectivity index (χ0n) is 10.4. The van der Waals surface area contributed by atoms with E-state index >= 15 is 0 Å². The van der Waals surface area contributed by atoms with Gasteiger partial charge in [0.2, 0.25) is 0 Å². The van der Waals surface area contributed by atoms with Crippen molar-refractivity contribution in [1.29, 1.82) is 0 Å². The Labute approximate surface area is 115 Å². The highest BCUT2D eigenvalue weighted by Gasteiger charge is 2.61. The van der Waals surface area contributed by atoms with Crippen LogP contribution in [0.3, 0.4) is 0 Å². The number of hydrogen-bond donors (Lipinski definition) is 0. The van der Waals surface area contributed by atoms with Crippen LogP contribution < -0.4 is 4.31 Å². The first kappa shape index (κ1) is 13.5. The molecular weight excluding hydrogens is 318 g/mol. The number of carbonyl (C=O) groups is 1. The van der Waals surface area contributed by atoms with Crippen molar-refractivity contribution in [3.8, 4) is 0 Å². The Hall–Kier alpha value is -0.880. The molecule has 1 aliphatic heterocycles. The van der Waals surface area contributed by atoms with Crippen LogP contribution in [0.2, 0.25) is 0 Å². The number of benzene rings is 1. The molecule has 1 saturated heterocycles. The lowest BCUT2D eigenvalue weighted by Crippen LogP contribution is -2.67. The molecule has 1 heterocycles.